The first kappa shape index (κ1) is 18.9. The fraction of sp³-hybridized carbons (Fsp3) is 0.0500. The number of aryl methyl sites for hydroxylation is 1. The number of ether oxygens (including phenoxy) is 1. The number of nitrogens with zero attached hydrogens (tertiary/aromatic N) is 2. The molecule has 4 rings (SSSR count). The number of aldehydes is 1. The number of benzene rings is 2. The Hall–Kier alpha value is -2.89. The van der Waals surface area contributed by atoms with E-state index < -0.39 is 0 Å². The molecule has 2 aromatic heterocycles. The van der Waals surface area contributed by atoms with E-state index >= 15 is 0 Å². The minimum absolute atomic E-state index is 0.392. The molecule has 0 saturated heterocycles. The number of aromatic amines is 1. The number of carbonyl (C=O) groups is 1. The maximum atomic E-state index is 10.6. The summed E-state index contributed by atoms with van der Waals surface area (Å²) in [7, 11) is 0. The summed E-state index contributed by atoms with van der Waals surface area (Å²) in [5, 5.41) is 1.81. The maximum absolute atomic E-state index is 10.6. The molecule has 0 bridgehead atoms. The number of halogens is 2. The van der Waals surface area contributed by atoms with Gasteiger partial charge in [0.25, 0.3) is 0 Å². The van der Waals surface area contributed by atoms with Crippen LogP contribution in [0.2, 0.25) is 10.2 Å². The predicted molar refractivity (Wildman–Crippen MR) is 107 cm³/mol. The van der Waals surface area contributed by atoms with Crippen molar-refractivity contribution in [2.24, 2.45) is 0 Å². The minimum atomic E-state index is 0.392. The SMILES string of the molecule is Cc1c[nH]c2ncnc(Cl)c12.O=Cc1ccc(Oc2ccccc2)cc1Cl. The Balaban J connectivity index is 0.000000166. The van der Waals surface area contributed by atoms with Crippen LogP contribution in [-0.2, 0) is 0 Å². The molecule has 0 aliphatic carbocycles. The smallest absolute Gasteiger partial charge is 0.151 e. The van der Waals surface area contributed by atoms with Crippen molar-refractivity contribution >= 4 is 40.5 Å². The monoisotopic (exact) mass is 399 g/mol. The van der Waals surface area contributed by atoms with Crippen LogP contribution in [0.3, 0.4) is 0 Å². The van der Waals surface area contributed by atoms with Gasteiger partial charge in [0.05, 0.1) is 10.4 Å². The Labute approximate surface area is 165 Å². The number of hydrogen-bond acceptors (Lipinski definition) is 4. The van der Waals surface area contributed by atoms with Gasteiger partial charge in [-0.1, -0.05) is 41.4 Å². The summed E-state index contributed by atoms with van der Waals surface area (Å²) in [6, 6.07) is 14.3. The number of H-pyrrole nitrogens is 1. The topological polar surface area (TPSA) is 67.9 Å². The minimum Gasteiger partial charge on any atom is -0.457 e. The molecule has 5 nitrogen and oxygen atoms in total. The molecule has 0 saturated carbocycles. The lowest BCUT2D eigenvalue weighted by molar-refractivity contribution is 0.112. The summed E-state index contributed by atoms with van der Waals surface area (Å²) >= 11 is 11.7. The standard InChI is InChI=1S/C13H9ClO2.C7H6ClN3/c14-13-8-12(7-6-10(13)9-15)16-11-4-2-1-3-5-11;1-4-2-9-7-5(4)6(8)10-3-11-7/h1-9H;2-3H,1H3,(H,9,10,11). The Morgan fingerprint density at radius 1 is 1.04 bits per heavy atom. The van der Waals surface area contributed by atoms with Crippen molar-refractivity contribution in [3.05, 3.63) is 82.4 Å². The van der Waals surface area contributed by atoms with E-state index in [0.717, 1.165) is 22.3 Å². The molecule has 4 aromatic rings. The number of carbonyl (C=O) groups excluding carboxylic acids is 1. The summed E-state index contributed by atoms with van der Waals surface area (Å²) in [6.45, 7) is 1.97. The van der Waals surface area contributed by atoms with Crippen LogP contribution < -0.4 is 4.74 Å². The zero-order chi connectivity index (χ0) is 19.2. The summed E-state index contributed by atoms with van der Waals surface area (Å²) in [5.74, 6) is 1.35. The van der Waals surface area contributed by atoms with Crippen LogP contribution in [0.25, 0.3) is 11.0 Å². The Morgan fingerprint density at radius 3 is 2.48 bits per heavy atom. The molecule has 0 radical (unpaired) electrons. The predicted octanol–water partition coefficient (Wildman–Crippen LogP) is 5.86. The Morgan fingerprint density at radius 2 is 1.81 bits per heavy atom. The third kappa shape index (κ3) is 4.64. The van der Waals surface area contributed by atoms with Crippen molar-refractivity contribution in [2.75, 3.05) is 0 Å². The van der Waals surface area contributed by atoms with Gasteiger partial charge in [-0.2, -0.15) is 0 Å². The van der Waals surface area contributed by atoms with Gasteiger partial charge >= 0.3 is 0 Å². The van der Waals surface area contributed by atoms with E-state index in [-0.39, 0.29) is 0 Å². The van der Waals surface area contributed by atoms with Gasteiger partial charge in [-0.05, 0) is 36.8 Å². The zero-order valence-electron chi connectivity index (χ0n) is 14.3. The van der Waals surface area contributed by atoms with Crippen LogP contribution in [0.4, 0.5) is 0 Å². The fourth-order valence-corrected chi connectivity index (χ4v) is 2.86. The van der Waals surface area contributed by atoms with Crippen LogP contribution in [-0.4, -0.2) is 21.2 Å². The second kappa shape index (κ2) is 8.66. The number of para-hydroxylation sites is 1. The molecule has 0 fully saturated rings. The number of nitrogens with one attached hydrogen (secondary N) is 1. The Bertz CT molecular complexity index is 1070. The molecule has 27 heavy (non-hydrogen) atoms. The molecule has 0 aliphatic heterocycles. The third-order valence-electron chi connectivity index (χ3n) is 3.70. The quantitative estimate of drug-likeness (QED) is 0.345. The third-order valence-corrected chi connectivity index (χ3v) is 4.31. The maximum Gasteiger partial charge on any atom is 0.151 e. The molecule has 0 amide bonds. The second-order valence-electron chi connectivity index (χ2n) is 5.58. The lowest BCUT2D eigenvalue weighted by atomic mass is 10.2. The summed E-state index contributed by atoms with van der Waals surface area (Å²) in [4.78, 5) is 21.5. The lowest BCUT2D eigenvalue weighted by Gasteiger charge is -2.06. The molecule has 0 spiro atoms. The number of hydrogen-bond donors (Lipinski definition) is 1. The average molecular weight is 400 g/mol. The van der Waals surface area contributed by atoms with Gasteiger partial charge in [-0.3, -0.25) is 4.79 Å². The van der Waals surface area contributed by atoms with Crippen LogP contribution in [0.15, 0.2) is 61.1 Å². The molecule has 136 valence electrons. The number of fused-ring (bicyclic) bond motifs is 1. The van der Waals surface area contributed by atoms with Crippen LogP contribution in [0, 0.1) is 6.92 Å². The highest BCUT2D eigenvalue weighted by Crippen LogP contribution is 2.26. The highest BCUT2D eigenvalue weighted by atomic mass is 35.5. The molecule has 0 unspecified atom stereocenters. The molecule has 0 aliphatic rings. The highest BCUT2D eigenvalue weighted by Gasteiger charge is 2.04. The van der Waals surface area contributed by atoms with E-state index in [1.54, 1.807) is 18.2 Å². The molecule has 2 aromatic carbocycles. The first-order valence-electron chi connectivity index (χ1n) is 8.00. The van der Waals surface area contributed by atoms with Crippen molar-refractivity contribution in [1.82, 2.24) is 15.0 Å². The van der Waals surface area contributed by atoms with Crippen LogP contribution in [0.1, 0.15) is 15.9 Å². The van der Waals surface area contributed by atoms with Gasteiger partial charge in [0, 0.05) is 17.8 Å². The van der Waals surface area contributed by atoms with Crippen molar-refractivity contribution in [1.29, 1.82) is 0 Å². The van der Waals surface area contributed by atoms with Gasteiger partial charge in [-0.15, -0.1) is 0 Å². The molecular formula is C20H15Cl2N3O2. The average Bonchev–Trinajstić information content (AvgIpc) is 3.06. The van der Waals surface area contributed by atoms with E-state index in [4.69, 9.17) is 27.9 Å². The molecule has 7 heteroatoms. The number of aromatic nitrogens is 3. The second-order valence-corrected chi connectivity index (χ2v) is 6.34. The molecule has 2 heterocycles. The van der Waals surface area contributed by atoms with E-state index in [2.05, 4.69) is 15.0 Å². The van der Waals surface area contributed by atoms with E-state index in [1.165, 1.54) is 6.33 Å². The van der Waals surface area contributed by atoms with Gasteiger partial charge in [0.15, 0.2) is 6.29 Å². The first-order chi connectivity index (χ1) is 13.1. The lowest BCUT2D eigenvalue weighted by Crippen LogP contribution is -1.86. The van der Waals surface area contributed by atoms with E-state index in [1.807, 2.05) is 43.5 Å². The van der Waals surface area contributed by atoms with Gasteiger partial charge in [0.2, 0.25) is 0 Å². The fourth-order valence-electron chi connectivity index (χ4n) is 2.36. The molecule has 1 N–H and O–H groups in total. The molecule has 0 atom stereocenters. The van der Waals surface area contributed by atoms with Crippen LogP contribution in [0.5, 0.6) is 11.5 Å². The van der Waals surface area contributed by atoms with Gasteiger partial charge < -0.3 is 9.72 Å². The molecular weight excluding hydrogens is 385 g/mol. The highest BCUT2D eigenvalue weighted by molar-refractivity contribution is 6.34. The number of rotatable bonds is 3. The summed E-state index contributed by atoms with van der Waals surface area (Å²) in [6.07, 6.45) is 4.03. The van der Waals surface area contributed by atoms with E-state index in [0.29, 0.717) is 27.8 Å². The van der Waals surface area contributed by atoms with Crippen LogP contribution >= 0.6 is 23.2 Å². The van der Waals surface area contributed by atoms with Crippen molar-refractivity contribution in [2.45, 2.75) is 6.92 Å². The van der Waals surface area contributed by atoms with Crippen molar-refractivity contribution < 1.29 is 9.53 Å². The van der Waals surface area contributed by atoms with Gasteiger partial charge in [0.1, 0.15) is 28.6 Å². The van der Waals surface area contributed by atoms with E-state index in [9.17, 15) is 4.79 Å². The zero-order valence-corrected chi connectivity index (χ0v) is 15.8. The van der Waals surface area contributed by atoms with Crippen molar-refractivity contribution in [3.8, 4) is 11.5 Å². The summed E-state index contributed by atoms with van der Waals surface area (Å²) < 4.78 is 5.56. The van der Waals surface area contributed by atoms with Crippen molar-refractivity contribution in [3.63, 3.8) is 0 Å². The largest absolute Gasteiger partial charge is 0.457 e. The first-order valence-corrected chi connectivity index (χ1v) is 8.76. The van der Waals surface area contributed by atoms with Gasteiger partial charge in [-0.25, -0.2) is 9.97 Å². The summed E-state index contributed by atoms with van der Waals surface area (Å²) in [5.41, 5.74) is 2.33. The Kier molecular flexibility index (Phi) is 6.06. The normalized spacial score (nSPS) is 10.2.